The lowest BCUT2D eigenvalue weighted by Crippen LogP contribution is -2.43. The molecule has 2 fully saturated rings. The zero-order valence-corrected chi connectivity index (χ0v) is 13.3. The number of nitrogens with zero attached hydrogens (tertiary/aromatic N) is 5. The highest BCUT2D eigenvalue weighted by Gasteiger charge is 2.40. The van der Waals surface area contributed by atoms with E-state index in [1.165, 1.54) is 15.9 Å². The molecule has 1 aromatic heterocycles. The number of nitrogens with one attached hydrogen (secondary N) is 1. The molecule has 0 unspecified atom stereocenters. The van der Waals surface area contributed by atoms with E-state index in [0.717, 1.165) is 5.69 Å². The van der Waals surface area contributed by atoms with Crippen LogP contribution >= 0.6 is 0 Å². The molecule has 2 saturated heterocycles. The van der Waals surface area contributed by atoms with Gasteiger partial charge < -0.3 is 10.2 Å². The van der Waals surface area contributed by atoms with Gasteiger partial charge in [0.15, 0.2) is 5.69 Å². The van der Waals surface area contributed by atoms with E-state index in [1.54, 1.807) is 4.90 Å². The minimum atomic E-state index is -0.390. The molecule has 2 aliphatic heterocycles. The summed E-state index contributed by atoms with van der Waals surface area (Å²) in [6.45, 7) is 0.809. The Morgan fingerprint density at radius 3 is 2.72 bits per heavy atom. The number of hydrogen-bond acceptors (Lipinski definition) is 5. The van der Waals surface area contributed by atoms with Crippen LogP contribution in [0.2, 0.25) is 0 Å². The number of carbonyl (C=O) groups excluding carboxylic acids is 3. The summed E-state index contributed by atoms with van der Waals surface area (Å²) >= 11 is 0. The van der Waals surface area contributed by atoms with E-state index < -0.39 is 0 Å². The predicted octanol–water partition coefficient (Wildman–Crippen LogP) is 0.0336. The molecule has 0 saturated carbocycles. The Balaban J connectivity index is 1.46. The lowest BCUT2D eigenvalue weighted by atomic mass is 10.2. The lowest BCUT2D eigenvalue weighted by Gasteiger charge is -2.21. The van der Waals surface area contributed by atoms with Crippen LogP contribution in [0.15, 0.2) is 36.5 Å². The van der Waals surface area contributed by atoms with Gasteiger partial charge >= 0.3 is 6.03 Å². The first-order chi connectivity index (χ1) is 12.1. The Hall–Kier alpha value is -3.23. The summed E-state index contributed by atoms with van der Waals surface area (Å²) in [6, 6.07) is 8.63. The van der Waals surface area contributed by atoms with Gasteiger partial charge in [0, 0.05) is 13.1 Å². The highest BCUT2D eigenvalue weighted by Crippen LogP contribution is 2.19. The number of aromatic nitrogens is 3. The number of carbonyl (C=O) groups is 3. The zero-order chi connectivity index (χ0) is 17.4. The van der Waals surface area contributed by atoms with Crippen LogP contribution in [0.3, 0.4) is 0 Å². The first-order valence-electron chi connectivity index (χ1n) is 8.00. The topological polar surface area (TPSA) is 100 Å². The average Bonchev–Trinajstić information content (AvgIpc) is 3.35. The zero-order valence-electron chi connectivity index (χ0n) is 13.3. The second kappa shape index (κ2) is 6.00. The van der Waals surface area contributed by atoms with Gasteiger partial charge in [-0.1, -0.05) is 18.2 Å². The lowest BCUT2D eigenvalue weighted by molar-refractivity contribution is -0.126. The Kier molecular flexibility index (Phi) is 3.68. The fraction of sp³-hybridized carbons (Fsp3) is 0.312. The molecule has 25 heavy (non-hydrogen) atoms. The SMILES string of the molecule is O=C(c1cnn(-c2ccccc2)n1)N1CC[C@@H](N2C(=O)CNC2=O)C1. The fourth-order valence-electron chi connectivity index (χ4n) is 3.15. The quantitative estimate of drug-likeness (QED) is 0.795. The third kappa shape index (κ3) is 2.73. The van der Waals surface area contributed by atoms with Crippen molar-refractivity contribution in [3.05, 3.63) is 42.2 Å². The number of amides is 4. The van der Waals surface area contributed by atoms with Gasteiger partial charge in [0.05, 0.1) is 24.5 Å². The standard InChI is InChI=1S/C16H16N6O3/c23-14-9-17-16(25)21(14)12-6-7-20(10-12)15(24)13-8-18-22(19-13)11-4-2-1-3-5-11/h1-5,8,12H,6-7,9-10H2,(H,17,25)/t12-/m1/s1. The van der Waals surface area contributed by atoms with Crippen LogP contribution in [-0.2, 0) is 4.79 Å². The first-order valence-corrected chi connectivity index (χ1v) is 8.00. The van der Waals surface area contributed by atoms with Crippen LogP contribution in [0.25, 0.3) is 5.69 Å². The summed E-state index contributed by atoms with van der Waals surface area (Å²) in [5, 5.41) is 10.9. The number of imide groups is 1. The number of hydrogen-bond donors (Lipinski definition) is 1. The minimum absolute atomic E-state index is 0.0225. The van der Waals surface area contributed by atoms with Crippen LogP contribution in [0.4, 0.5) is 4.79 Å². The number of likely N-dealkylation sites (tertiary alicyclic amines) is 1. The van der Waals surface area contributed by atoms with E-state index in [0.29, 0.717) is 19.5 Å². The van der Waals surface area contributed by atoms with Crippen molar-refractivity contribution < 1.29 is 14.4 Å². The minimum Gasteiger partial charge on any atom is -0.335 e. The van der Waals surface area contributed by atoms with E-state index >= 15 is 0 Å². The number of para-hydroxylation sites is 1. The summed E-state index contributed by atoms with van der Waals surface area (Å²) in [7, 11) is 0. The van der Waals surface area contributed by atoms with Crippen molar-refractivity contribution in [2.24, 2.45) is 0 Å². The largest absolute Gasteiger partial charge is 0.335 e. The summed E-state index contributed by atoms with van der Waals surface area (Å²) < 4.78 is 0. The molecule has 1 aromatic carbocycles. The molecule has 4 rings (SSSR count). The summed E-state index contributed by atoms with van der Waals surface area (Å²) in [6.07, 6.45) is 1.99. The third-order valence-corrected chi connectivity index (χ3v) is 4.39. The molecular formula is C16H16N6O3. The van der Waals surface area contributed by atoms with Crippen molar-refractivity contribution in [2.45, 2.75) is 12.5 Å². The Bertz CT molecular complexity index is 817. The molecule has 2 aromatic rings. The molecule has 0 spiro atoms. The van der Waals surface area contributed by atoms with E-state index in [2.05, 4.69) is 15.5 Å². The Labute approximate surface area is 143 Å². The van der Waals surface area contributed by atoms with Gasteiger partial charge in [0.1, 0.15) is 0 Å². The van der Waals surface area contributed by atoms with Gasteiger partial charge in [0.2, 0.25) is 5.91 Å². The van der Waals surface area contributed by atoms with Gasteiger partial charge in [-0.2, -0.15) is 9.90 Å². The highest BCUT2D eigenvalue weighted by molar-refractivity contribution is 6.02. The summed E-state index contributed by atoms with van der Waals surface area (Å²) in [4.78, 5) is 40.4. The van der Waals surface area contributed by atoms with Crippen molar-refractivity contribution in [1.82, 2.24) is 30.1 Å². The maximum Gasteiger partial charge on any atom is 0.324 e. The second-order valence-electron chi connectivity index (χ2n) is 5.97. The molecule has 0 bridgehead atoms. The van der Waals surface area contributed by atoms with E-state index in [1.807, 2.05) is 30.3 Å². The maximum atomic E-state index is 12.6. The van der Waals surface area contributed by atoms with Gasteiger partial charge in [-0.05, 0) is 18.6 Å². The molecule has 1 atom stereocenters. The number of benzene rings is 1. The molecule has 9 heteroatoms. The van der Waals surface area contributed by atoms with Crippen molar-refractivity contribution >= 4 is 17.8 Å². The molecule has 4 amide bonds. The smallest absolute Gasteiger partial charge is 0.324 e. The fourth-order valence-corrected chi connectivity index (χ4v) is 3.15. The molecule has 9 nitrogen and oxygen atoms in total. The van der Waals surface area contributed by atoms with Crippen LogP contribution in [-0.4, -0.2) is 68.3 Å². The van der Waals surface area contributed by atoms with Crippen molar-refractivity contribution in [3.63, 3.8) is 0 Å². The summed E-state index contributed by atoms with van der Waals surface area (Å²) in [5.41, 5.74) is 1.00. The van der Waals surface area contributed by atoms with E-state index in [-0.39, 0.29) is 36.1 Å². The Morgan fingerprint density at radius 1 is 1.20 bits per heavy atom. The van der Waals surface area contributed by atoms with Crippen LogP contribution in [0.5, 0.6) is 0 Å². The highest BCUT2D eigenvalue weighted by atomic mass is 16.2. The monoisotopic (exact) mass is 340 g/mol. The molecule has 2 aliphatic rings. The van der Waals surface area contributed by atoms with Gasteiger partial charge in [-0.15, -0.1) is 5.10 Å². The second-order valence-corrected chi connectivity index (χ2v) is 5.97. The molecule has 3 heterocycles. The Morgan fingerprint density at radius 2 is 2.00 bits per heavy atom. The molecule has 128 valence electrons. The van der Waals surface area contributed by atoms with Crippen molar-refractivity contribution in [3.8, 4) is 5.69 Å². The first kappa shape index (κ1) is 15.3. The van der Waals surface area contributed by atoms with Gasteiger partial charge in [-0.25, -0.2) is 4.79 Å². The van der Waals surface area contributed by atoms with Crippen LogP contribution < -0.4 is 5.32 Å². The van der Waals surface area contributed by atoms with Gasteiger partial charge in [0.25, 0.3) is 5.91 Å². The molecule has 0 radical (unpaired) electrons. The van der Waals surface area contributed by atoms with Crippen molar-refractivity contribution in [2.75, 3.05) is 19.6 Å². The summed E-state index contributed by atoms with van der Waals surface area (Å²) in [5.74, 6) is -0.504. The molecule has 1 N–H and O–H groups in total. The van der Waals surface area contributed by atoms with Crippen LogP contribution in [0, 0.1) is 0 Å². The van der Waals surface area contributed by atoms with Crippen molar-refractivity contribution in [1.29, 1.82) is 0 Å². The van der Waals surface area contributed by atoms with E-state index in [9.17, 15) is 14.4 Å². The van der Waals surface area contributed by atoms with Gasteiger partial charge in [-0.3, -0.25) is 14.5 Å². The molecule has 0 aliphatic carbocycles. The maximum absolute atomic E-state index is 12.6. The number of urea groups is 1. The third-order valence-electron chi connectivity index (χ3n) is 4.39. The normalized spacial score (nSPS) is 20.2. The average molecular weight is 340 g/mol. The number of rotatable bonds is 3. The van der Waals surface area contributed by atoms with Crippen LogP contribution in [0.1, 0.15) is 16.9 Å². The predicted molar refractivity (Wildman–Crippen MR) is 85.9 cm³/mol. The van der Waals surface area contributed by atoms with E-state index in [4.69, 9.17) is 0 Å². The molecular weight excluding hydrogens is 324 g/mol.